The number of hydrogen-bond donors (Lipinski definition) is 1. The van der Waals surface area contributed by atoms with Crippen LogP contribution >= 0.6 is 0 Å². The number of rotatable bonds is 4. The second-order valence-electron chi connectivity index (χ2n) is 6.38. The summed E-state index contributed by atoms with van der Waals surface area (Å²) >= 11 is 0. The first kappa shape index (κ1) is 15.6. The Balaban J connectivity index is 1.57. The summed E-state index contributed by atoms with van der Waals surface area (Å²) in [5.41, 5.74) is 10.1. The lowest BCUT2D eigenvalue weighted by molar-refractivity contribution is -0.124. The van der Waals surface area contributed by atoms with Crippen LogP contribution in [0.2, 0.25) is 0 Å². The molecule has 2 aromatic carbocycles. The van der Waals surface area contributed by atoms with E-state index in [1.165, 1.54) is 11.1 Å². The van der Waals surface area contributed by atoms with Crippen LogP contribution in [0.4, 0.5) is 0 Å². The van der Waals surface area contributed by atoms with Gasteiger partial charge in [-0.15, -0.1) is 0 Å². The maximum Gasteiger partial charge on any atom is 0.235 e. The number of benzene rings is 2. The quantitative estimate of drug-likeness (QED) is 0.797. The summed E-state index contributed by atoms with van der Waals surface area (Å²) < 4.78 is 1.85. The van der Waals surface area contributed by atoms with Crippen molar-refractivity contribution in [1.82, 2.24) is 14.7 Å². The zero-order chi connectivity index (χ0) is 17.2. The molecule has 25 heavy (non-hydrogen) atoms. The van der Waals surface area contributed by atoms with Gasteiger partial charge in [0, 0.05) is 19.3 Å². The molecule has 1 aromatic heterocycles. The van der Waals surface area contributed by atoms with Gasteiger partial charge in [0.25, 0.3) is 0 Å². The topological polar surface area (TPSA) is 64.2 Å². The SMILES string of the molecule is NC(=O)[C@@H]1Cc2ccccc2CN1Cc1ccn(-c2ccccc2)n1. The van der Waals surface area contributed by atoms with Crippen LogP contribution in [-0.2, 0) is 24.3 Å². The predicted molar refractivity (Wildman–Crippen MR) is 95.9 cm³/mol. The molecule has 0 fully saturated rings. The number of nitrogens with zero attached hydrogens (tertiary/aromatic N) is 3. The van der Waals surface area contributed by atoms with Crippen LogP contribution in [0.5, 0.6) is 0 Å². The van der Waals surface area contributed by atoms with Crippen molar-refractivity contribution in [1.29, 1.82) is 0 Å². The molecule has 0 spiro atoms. The van der Waals surface area contributed by atoms with Gasteiger partial charge in [0.15, 0.2) is 0 Å². The molecule has 0 bridgehead atoms. The molecular weight excluding hydrogens is 312 g/mol. The van der Waals surface area contributed by atoms with Gasteiger partial charge in [-0.1, -0.05) is 42.5 Å². The molecule has 1 aliphatic rings. The van der Waals surface area contributed by atoms with Crippen molar-refractivity contribution in [2.24, 2.45) is 5.73 Å². The molecular formula is C20H20N4O. The maximum absolute atomic E-state index is 11.9. The third kappa shape index (κ3) is 3.19. The van der Waals surface area contributed by atoms with Crippen molar-refractivity contribution in [3.05, 3.63) is 83.7 Å². The number of aromatic nitrogens is 2. The highest BCUT2D eigenvalue weighted by molar-refractivity contribution is 5.80. The molecule has 1 atom stereocenters. The van der Waals surface area contributed by atoms with Gasteiger partial charge >= 0.3 is 0 Å². The van der Waals surface area contributed by atoms with Gasteiger partial charge in [-0.25, -0.2) is 4.68 Å². The van der Waals surface area contributed by atoms with E-state index in [9.17, 15) is 4.79 Å². The molecule has 0 aliphatic carbocycles. The Morgan fingerprint density at radius 2 is 1.76 bits per heavy atom. The number of para-hydroxylation sites is 1. The summed E-state index contributed by atoms with van der Waals surface area (Å²) in [5.74, 6) is -0.281. The van der Waals surface area contributed by atoms with Crippen LogP contribution in [0.3, 0.4) is 0 Å². The third-order valence-corrected chi connectivity index (χ3v) is 4.70. The van der Waals surface area contributed by atoms with Crippen LogP contribution in [0.15, 0.2) is 66.9 Å². The minimum absolute atomic E-state index is 0.281. The lowest BCUT2D eigenvalue weighted by Gasteiger charge is -2.34. The van der Waals surface area contributed by atoms with Crippen LogP contribution < -0.4 is 5.73 Å². The van der Waals surface area contributed by atoms with E-state index >= 15 is 0 Å². The standard InChI is InChI=1S/C20H20N4O/c21-20(25)19-12-15-6-4-5-7-16(15)13-23(19)14-17-10-11-24(22-17)18-8-2-1-3-9-18/h1-11,19H,12-14H2,(H2,21,25)/t19-/m0/s1. The number of hydrogen-bond acceptors (Lipinski definition) is 3. The number of nitrogens with two attached hydrogens (primary N) is 1. The molecule has 4 rings (SSSR count). The highest BCUT2D eigenvalue weighted by Crippen LogP contribution is 2.24. The van der Waals surface area contributed by atoms with Gasteiger partial charge in [0.1, 0.15) is 0 Å². The Labute approximate surface area is 146 Å². The largest absolute Gasteiger partial charge is 0.368 e. The molecule has 3 aromatic rings. The number of amides is 1. The van der Waals surface area contributed by atoms with E-state index in [1.54, 1.807) is 0 Å². The van der Waals surface area contributed by atoms with Crippen molar-refractivity contribution in [3.63, 3.8) is 0 Å². The maximum atomic E-state index is 11.9. The number of carbonyl (C=O) groups excluding carboxylic acids is 1. The van der Waals surface area contributed by atoms with Crippen LogP contribution in [-0.4, -0.2) is 26.6 Å². The molecule has 1 aliphatic heterocycles. The monoisotopic (exact) mass is 332 g/mol. The second-order valence-corrected chi connectivity index (χ2v) is 6.38. The summed E-state index contributed by atoms with van der Waals surface area (Å²) in [4.78, 5) is 14.1. The zero-order valence-corrected chi connectivity index (χ0v) is 13.9. The molecule has 0 unspecified atom stereocenters. The lowest BCUT2D eigenvalue weighted by atomic mass is 9.93. The molecule has 5 heteroatoms. The van der Waals surface area contributed by atoms with Crippen LogP contribution in [0, 0.1) is 0 Å². The first-order chi connectivity index (χ1) is 12.2. The fraction of sp³-hybridized carbons (Fsp3) is 0.200. The molecule has 2 N–H and O–H groups in total. The molecule has 1 amide bonds. The van der Waals surface area contributed by atoms with Crippen LogP contribution in [0.25, 0.3) is 5.69 Å². The van der Waals surface area contributed by atoms with E-state index < -0.39 is 0 Å². The van der Waals surface area contributed by atoms with Crippen molar-refractivity contribution in [3.8, 4) is 5.69 Å². The molecule has 0 saturated carbocycles. The smallest absolute Gasteiger partial charge is 0.235 e. The van der Waals surface area contributed by atoms with Crippen molar-refractivity contribution in [2.45, 2.75) is 25.6 Å². The van der Waals surface area contributed by atoms with Crippen molar-refractivity contribution in [2.75, 3.05) is 0 Å². The molecule has 0 radical (unpaired) electrons. The summed E-state index contributed by atoms with van der Waals surface area (Å²) in [5, 5.41) is 4.65. The Morgan fingerprint density at radius 3 is 2.52 bits per heavy atom. The fourth-order valence-electron chi connectivity index (χ4n) is 3.40. The van der Waals surface area contributed by atoms with Gasteiger partial charge in [-0.2, -0.15) is 5.10 Å². The van der Waals surface area contributed by atoms with E-state index in [-0.39, 0.29) is 11.9 Å². The van der Waals surface area contributed by atoms with E-state index in [2.05, 4.69) is 22.1 Å². The van der Waals surface area contributed by atoms with Gasteiger partial charge in [0.2, 0.25) is 5.91 Å². The Kier molecular flexibility index (Phi) is 4.07. The summed E-state index contributed by atoms with van der Waals surface area (Å²) in [7, 11) is 0. The van der Waals surface area contributed by atoms with E-state index in [0.717, 1.165) is 11.4 Å². The number of carbonyl (C=O) groups is 1. The predicted octanol–water partition coefficient (Wildman–Crippen LogP) is 2.28. The zero-order valence-electron chi connectivity index (χ0n) is 13.9. The highest BCUT2D eigenvalue weighted by Gasteiger charge is 2.30. The van der Waals surface area contributed by atoms with Crippen LogP contribution in [0.1, 0.15) is 16.8 Å². The Hall–Kier alpha value is -2.92. The summed E-state index contributed by atoms with van der Waals surface area (Å²) in [6.07, 6.45) is 2.60. The summed E-state index contributed by atoms with van der Waals surface area (Å²) in [6, 6.07) is 19.9. The van der Waals surface area contributed by atoms with Crippen molar-refractivity contribution >= 4 is 5.91 Å². The molecule has 0 saturated heterocycles. The first-order valence-corrected chi connectivity index (χ1v) is 8.41. The van der Waals surface area contributed by atoms with E-state index in [0.29, 0.717) is 19.5 Å². The molecule has 2 heterocycles. The fourth-order valence-corrected chi connectivity index (χ4v) is 3.40. The Bertz CT molecular complexity index is 887. The third-order valence-electron chi connectivity index (χ3n) is 4.70. The second kappa shape index (κ2) is 6.53. The average molecular weight is 332 g/mol. The van der Waals surface area contributed by atoms with Gasteiger partial charge in [-0.05, 0) is 35.7 Å². The highest BCUT2D eigenvalue weighted by atomic mass is 16.1. The number of fused-ring (bicyclic) bond motifs is 1. The number of primary amides is 1. The minimum atomic E-state index is -0.295. The molecule has 126 valence electrons. The lowest BCUT2D eigenvalue weighted by Crippen LogP contribution is -2.48. The van der Waals surface area contributed by atoms with Crippen molar-refractivity contribution < 1.29 is 4.79 Å². The van der Waals surface area contributed by atoms with E-state index in [4.69, 9.17) is 5.73 Å². The van der Waals surface area contributed by atoms with Gasteiger partial charge in [-0.3, -0.25) is 9.69 Å². The first-order valence-electron chi connectivity index (χ1n) is 8.41. The van der Waals surface area contributed by atoms with Gasteiger partial charge in [0.05, 0.1) is 17.4 Å². The normalized spacial score (nSPS) is 17.2. The molecule has 5 nitrogen and oxygen atoms in total. The Morgan fingerprint density at radius 1 is 1.04 bits per heavy atom. The van der Waals surface area contributed by atoms with Gasteiger partial charge < -0.3 is 5.73 Å². The van der Waals surface area contributed by atoms with E-state index in [1.807, 2.05) is 59.4 Å². The average Bonchev–Trinajstić information content (AvgIpc) is 3.10. The minimum Gasteiger partial charge on any atom is -0.368 e. The summed E-state index contributed by atoms with van der Waals surface area (Å²) in [6.45, 7) is 1.31.